The van der Waals surface area contributed by atoms with E-state index in [1.807, 2.05) is 0 Å². The highest BCUT2D eigenvalue weighted by Crippen LogP contribution is 2.24. The third kappa shape index (κ3) is 3.03. The Morgan fingerprint density at radius 2 is 2.21 bits per heavy atom. The van der Waals surface area contributed by atoms with E-state index in [9.17, 15) is 13.2 Å². The third-order valence-electron chi connectivity index (χ3n) is 2.09. The number of pyridine rings is 1. The van der Waals surface area contributed by atoms with Crippen LogP contribution in [0.3, 0.4) is 0 Å². The molecule has 2 rings (SSSR count). The van der Waals surface area contributed by atoms with Crippen molar-refractivity contribution in [3.63, 3.8) is 0 Å². The van der Waals surface area contributed by atoms with Crippen LogP contribution in [0.25, 0.3) is 0 Å². The van der Waals surface area contributed by atoms with Crippen LogP contribution < -0.4 is 4.72 Å². The molecule has 2 aromatic rings. The molecule has 2 N–H and O–H groups in total. The molecule has 0 bridgehead atoms. The topological polar surface area (TPSA) is 96.4 Å². The summed E-state index contributed by atoms with van der Waals surface area (Å²) in [4.78, 5) is 14.3. The molecule has 0 spiro atoms. The minimum atomic E-state index is -3.90. The van der Waals surface area contributed by atoms with Crippen molar-refractivity contribution in [1.82, 2.24) is 4.98 Å². The quantitative estimate of drug-likeness (QED) is 0.901. The second-order valence-electron chi connectivity index (χ2n) is 3.39. The van der Waals surface area contributed by atoms with Crippen LogP contribution in [-0.4, -0.2) is 24.5 Å². The van der Waals surface area contributed by atoms with Crippen LogP contribution in [0.5, 0.6) is 0 Å². The standard InChI is InChI=1S/C10H7ClN2O4S2/c11-7-2-1-3-12-9(7)13-19(16,17)6-4-8(10(14)15)18-5-6/h1-5H,(H,12,13)(H,14,15). The molecule has 0 unspecified atom stereocenters. The molecule has 0 radical (unpaired) electrons. The normalized spacial score (nSPS) is 11.2. The molecule has 0 amide bonds. The van der Waals surface area contributed by atoms with Crippen molar-refractivity contribution in [3.05, 3.63) is 39.7 Å². The van der Waals surface area contributed by atoms with Gasteiger partial charge in [0, 0.05) is 11.6 Å². The minimum absolute atomic E-state index is 0.00718. The molecule has 2 heterocycles. The van der Waals surface area contributed by atoms with E-state index in [0.717, 1.165) is 17.4 Å². The number of nitrogens with zero attached hydrogens (tertiary/aromatic N) is 1. The van der Waals surface area contributed by atoms with E-state index < -0.39 is 16.0 Å². The van der Waals surface area contributed by atoms with Crippen molar-refractivity contribution in [3.8, 4) is 0 Å². The minimum Gasteiger partial charge on any atom is -0.477 e. The lowest BCUT2D eigenvalue weighted by molar-refractivity contribution is 0.0702. The van der Waals surface area contributed by atoms with Gasteiger partial charge in [-0.1, -0.05) is 11.6 Å². The average molecular weight is 319 g/mol. The number of nitrogens with one attached hydrogen (secondary N) is 1. The number of anilines is 1. The summed E-state index contributed by atoms with van der Waals surface area (Å²) in [5.41, 5.74) is 0. The van der Waals surface area contributed by atoms with Gasteiger partial charge >= 0.3 is 5.97 Å². The smallest absolute Gasteiger partial charge is 0.345 e. The lowest BCUT2D eigenvalue weighted by atomic mass is 10.5. The zero-order valence-corrected chi connectivity index (χ0v) is 11.6. The Labute approximate surface area is 117 Å². The number of carboxylic acids is 1. The highest BCUT2D eigenvalue weighted by Gasteiger charge is 2.20. The van der Waals surface area contributed by atoms with Gasteiger partial charge < -0.3 is 5.11 Å². The second-order valence-corrected chi connectivity index (χ2v) is 6.39. The Morgan fingerprint density at radius 3 is 2.79 bits per heavy atom. The summed E-state index contributed by atoms with van der Waals surface area (Å²) >= 11 is 6.62. The summed E-state index contributed by atoms with van der Waals surface area (Å²) in [6.45, 7) is 0. The third-order valence-corrected chi connectivity index (χ3v) is 4.78. The molecule has 0 aromatic carbocycles. The first kappa shape index (κ1) is 13.8. The molecule has 0 saturated carbocycles. The predicted molar refractivity (Wildman–Crippen MR) is 71.3 cm³/mol. The number of hydrogen-bond donors (Lipinski definition) is 2. The summed E-state index contributed by atoms with van der Waals surface area (Å²) in [5.74, 6) is -1.19. The molecular weight excluding hydrogens is 312 g/mol. The number of aromatic carboxylic acids is 1. The molecule has 19 heavy (non-hydrogen) atoms. The van der Waals surface area contributed by atoms with E-state index in [2.05, 4.69) is 9.71 Å². The van der Waals surface area contributed by atoms with E-state index in [0.29, 0.717) is 0 Å². The van der Waals surface area contributed by atoms with Gasteiger partial charge in [-0.15, -0.1) is 11.3 Å². The van der Waals surface area contributed by atoms with Gasteiger partial charge in [0.25, 0.3) is 10.0 Å². The molecule has 0 atom stereocenters. The van der Waals surface area contributed by atoms with Crippen LogP contribution in [0.1, 0.15) is 9.67 Å². The Bertz CT molecular complexity index is 727. The molecule has 0 saturated heterocycles. The molecule has 0 aliphatic rings. The first-order chi connectivity index (χ1) is 8.90. The summed E-state index contributed by atoms with van der Waals surface area (Å²) in [7, 11) is -3.90. The highest BCUT2D eigenvalue weighted by molar-refractivity contribution is 7.92. The predicted octanol–water partition coefficient (Wildman–Crippen LogP) is 2.30. The van der Waals surface area contributed by atoms with Gasteiger partial charge in [-0.2, -0.15) is 0 Å². The maximum absolute atomic E-state index is 12.0. The number of rotatable bonds is 4. The first-order valence-corrected chi connectivity index (χ1v) is 7.59. The van der Waals surface area contributed by atoms with Crippen molar-refractivity contribution in [2.45, 2.75) is 4.90 Å². The molecule has 2 aromatic heterocycles. The number of thiophene rings is 1. The van der Waals surface area contributed by atoms with E-state index >= 15 is 0 Å². The molecule has 0 aliphatic heterocycles. The van der Waals surface area contributed by atoms with Gasteiger partial charge in [-0.25, -0.2) is 18.2 Å². The maximum atomic E-state index is 12.0. The second kappa shape index (κ2) is 5.16. The Kier molecular flexibility index (Phi) is 3.74. The number of halogens is 1. The first-order valence-electron chi connectivity index (χ1n) is 4.85. The fourth-order valence-corrected chi connectivity index (χ4v) is 3.58. The van der Waals surface area contributed by atoms with E-state index in [4.69, 9.17) is 16.7 Å². The van der Waals surface area contributed by atoms with Crippen molar-refractivity contribution in [2.24, 2.45) is 0 Å². The number of aromatic nitrogens is 1. The van der Waals surface area contributed by atoms with Crippen LogP contribution in [0, 0.1) is 0 Å². The van der Waals surface area contributed by atoms with E-state index in [1.165, 1.54) is 17.6 Å². The van der Waals surface area contributed by atoms with Gasteiger partial charge in [0.2, 0.25) is 0 Å². The van der Waals surface area contributed by atoms with E-state index in [1.54, 1.807) is 6.07 Å². The molecule has 9 heteroatoms. The largest absolute Gasteiger partial charge is 0.477 e. The number of hydrogen-bond acceptors (Lipinski definition) is 5. The van der Waals surface area contributed by atoms with Crippen molar-refractivity contribution in [1.29, 1.82) is 0 Å². The molecule has 6 nitrogen and oxygen atoms in total. The number of carbonyl (C=O) groups is 1. The Balaban J connectivity index is 2.32. The Morgan fingerprint density at radius 1 is 1.47 bits per heavy atom. The zero-order valence-electron chi connectivity index (χ0n) is 9.20. The van der Waals surface area contributed by atoms with Gasteiger partial charge in [0.1, 0.15) is 4.88 Å². The maximum Gasteiger partial charge on any atom is 0.345 e. The SMILES string of the molecule is O=C(O)c1cc(S(=O)(=O)Nc2ncccc2Cl)cs1. The summed E-state index contributed by atoms with van der Waals surface area (Å²) < 4.78 is 26.2. The molecule has 0 fully saturated rings. The molecule has 100 valence electrons. The van der Waals surface area contributed by atoms with Gasteiger partial charge in [-0.05, 0) is 18.2 Å². The highest BCUT2D eigenvalue weighted by atomic mass is 35.5. The summed E-state index contributed by atoms with van der Waals surface area (Å²) in [6, 6.07) is 4.13. The number of sulfonamides is 1. The van der Waals surface area contributed by atoms with Crippen LogP contribution in [-0.2, 0) is 10.0 Å². The lowest BCUT2D eigenvalue weighted by Crippen LogP contribution is -2.13. The van der Waals surface area contributed by atoms with E-state index in [-0.39, 0.29) is 20.6 Å². The van der Waals surface area contributed by atoms with Gasteiger partial charge in [-0.3, -0.25) is 4.72 Å². The van der Waals surface area contributed by atoms with Gasteiger partial charge in [0.15, 0.2) is 5.82 Å². The summed E-state index contributed by atoms with van der Waals surface area (Å²) in [6.07, 6.45) is 1.39. The van der Waals surface area contributed by atoms with Crippen LogP contribution in [0.15, 0.2) is 34.7 Å². The van der Waals surface area contributed by atoms with Gasteiger partial charge in [0.05, 0.1) is 9.92 Å². The van der Waals surface area contributed by atoms with Crippen molar-refractivity contribution < 1.29 is 18.3 Å². The monoisotopic (exact) mass is 318 g/mol. The lowest BCUT2D eigenvalue weighted by Gasteiger charge is -2.06. The Hall–Kier alpha value is -1.64. The molecule has 0 aliphatic carbocycles. The average Bonchev–Trinajstić information content (AvgIpc) is 2.82. The molecular formula is C10H7ClN2O4S2. The fourth-order valence-electron chi connectivity index (χ4n) is 1.22. The van der Waals surface area contributed by atoms with Crippen LogP contribution in [0.4, 0.5) is 5.82 Å². The van der Waals surface area contributed by atoms with Crippen LogP contribution >= 0.6 is 22.9 Å². The summed E-state index contributed by atoms with van der Waals surface area (Å²) in [5, 5.41) is 10.2. The fraction of sp³-hybridized carbons (Fsp3) is 0. The van der Waals surface area contributed by atoms with Crippen LogP contribution in [0.2, 0.25) is 5.02 Å². The number of carboxylic acid groups (broad SMARTS) is 1. The van der Waals surface area contributed by atoms with Crippen molar-refractivity contribution >= 4 is 44.7 Å². The van der Waals surface area contributed by atoms with Crippen molar-refractivity contribution in [2.75, 3.05) is 4.72 Å². The zero-order chi connectivity index (χ0) is 14.0.